The number of rotatable bonds is 5. The van der Waals surface area contributed by atoms with E-state index in [1.165, 1.54) is 16.9 Å². The van der Waals surface area contributed by atoms with E-state index >= 15 is 0 Å². The lowest BCUT2D eigenvalue weighted by atomic mass is 9.83. The first-order valence-electron chi connectivity index (χ1n) is 12.2. The minimum absolute atomic E-state index is 0.0937. The molecule has 6 rings (SSSR count). The van der Waals surface area contributed by atoms with Gasteiger partial charge >= 0.3 is 0 Å². The van der Waals surface area contributed by atoms with E-state index in [0.29, 0.717) is 20.8 Å². The average Bonchev–Trinajstić information content (AvgIpc) is 3.26. The maximum absolute atomic E-state index is 14.1. The van der Waals surface area contributed by atoms with Gasteiger partial charge in [0.25, 0.3) is 5.56 Å². The summed E-state index contributed by atoms with van der Waals surface area (Å²) in [5.74, 6) is 1.97. The molecule has 2 aliphatic rings. The van der Waals surface area contributed by atoms with Gasteiger partial charge in [0, 0.05) is 15.6 Å². The molecule has 0 fully saturated rings. The number of allylic oxidation sites excluding steroid dienone is 1. The highest BCUT2D eigenvalue weighted by Crippen LogP contribution is 2.45. The number of halogens is 1. The predicted octanol–water partition coefficient (Wildman–Crippen LogP) is 5.11. The van der Waals surface area contributed by atoms with E-state index < -0.39 is 0 Å². The maximum atomic E-state index is 14.1. The topological polar surface area (TPSA) is 62.0 Å². The van der Waals surface area contributed by atoms with Gasteiger partial charge in [-0.15, -0.1) is 0 Å². The summed E-state index contributed by atoms with van der Waals surface area (Å²) in [6.45, 7) is 0. The van der Waals surface area contributed by atoms with Gasteiger partial charge in [0.15, 0.2) is 16.3 Å². The smallest absolute Gasteiger partial charge is 0.271 e. The standard InChI is InChI=1S/C30H25BrN2O4S/c1-35-19-12-14-23(31)18(15-19)16-25-29(34)33-27(22-9-6-10-24(36-2)28(22)37-3)21-13-11-17-7-4-5-8-20(17)26(21)32-30(33)38-25/h4-10,12,14-16,27H,11,13H2,1-3H3. The second-order valence-electron chi connectivity index (χ2n) is 9.08. The first-order chi connectivity index (χ1) is 18.5. The highest BCUT2D eigenvalue weighted by Gasteiger charge is 2.34. The van der Waals surface area contributed by atoms with Crippen molar-refractivity contribution >= 4 is 39.0 Å². The largest absolute Gasteiger partial charge is 0.497 e. The lowest BCUT2D eigenvalue weighted by molar-refractivity contribution is 0.348. The number of aryl methyl sites for hydroxylation is 1. The monoisotopic (exact) mass is 588 g/mol. The Morgan fingerprint density at radius 3 is 2.63 bits per heavy atom. The van der Waals surface area contributed by atoms with Gasteiger partial charge in [-0.3, -0.25) is 9.36 Å². The number of hydrogen-bond acceptors (Lipinski definition) is 6. The first-order valence-corrected chi connectivity index (χ1v) is 13.8. The molecule has 0 amide bonds. The molecule has 6 nitrogen and oxygen atoms in total. The molecule has 192 valence electrons. The van der Waals surface area contributed by atoms with E-state index in [1.807, 2.05) is 53.1 Å². The van der Waals surface area contributed by atoms with E-state index in [9.17, 15) is 4.79 Å². The van der Waals surface area contributed by atoms with Crippen molar-refractivity contribution in [2.24, 2.45) is 4.99 Å². The minimum atomic E-state index is -0.365. The van der Waals surface area contributed by atoms with Crippen LogP contribution in [0.3, 0.4) is 0 Å². The zero-order chi connectivity index (χ0) is 26.4. The van der Waals surface area contributed by atoms with Crippen LogP contribution < -0.4 is 29.1 Å². The van der Waals surface area contributed by atoms with Crippen molar-refractivity contribution in [1.82, 2.24) is 4.57 Å². The molecule has 0 N–H and O–H groups in total. The molecule has 1 aromatic heterocycles. The minimum Gasteiger partial charge on any atom is -0.497 e. The molecule has 1 atom stereocenters. The summed E-state index contributed by atoms with van der Waals surface area (Å²) in [7, 11) is 4.89. The van der Waals surface area contributed by atoms with Gasteiger partial charge in [-0.1, -0.05) is 63.7 Å². The van der Waals surface area contributed by atoms with Crippen LogP contribution >= 0.6 is 27.3 Å². The Morgan fingerprint density at radius 1 is 1.00 bits per heavy atom. The Hall–Kier alpha value is -3.62. The van der Waals surface area contributed by atoms with Crippen molar-refractivity contribution in [2.45, 2.75) is 18.9 Å². The van der Waals surface area contributed by atoms with E-state index in [-0.39, 0.29) is 11.6 Å². The summed E-state index contributed by atoms with van der Waals surface area (Å²) in [6.07, 6.45) is 3.58. The normalized spacial score (nSPS) is 16.3. The van der Waals surface area contributed by atoms with Gasteiger partial charge in [-0.25, -0.2) is 4.99 Å². The van der Waals surface area contributed by atoms with Gasteiger partial charge in [-0.05, 0) is 59.9 Å². The zero-order valence-electron chi connectivity index (χ0n) is 21.2. The van der Waals surface area contributed by atoms with Crippen LogP contribution in [0.4, 0.5) is 0 Å². The van der Waals surface area contributed by atoms with Crippen LogP contribution in [-0.2, 0) is 6.42 Å². The Balaban J connectivity index is 1.66. The molecule has 1 aliphatic heterocycles. The fraction of sp³-hybridized carbons (Fsp3) is 0.200. The molecule has 0 spiro atoms. The SMILES string of the molecule is COc1ccc(Br)c(C=c2sc3n(c2=O)C(c2cccc(OC)c2OC)C2=C(N=3)c3ccccc3CC2)c1. The highest BCUT2D eigenvalue weighted by molar-refractivity contribution is 9.10. The Morgan fingerprint density at radius 2 is 1.84 bits per heavy atom. The van der Waals surface area contributed by atoms with Crippen LogP contribution in [0, 0.1) is 0 Å². The van der Waals surface area contributed by atoms with Crippen molar-refractivity contribution in [1.29, 1.82) is 0 Å². The molecule has 0 saturated heterocycles. The number of para-hydroxylation sites is 1. The van der Waals surface area contributed by atoms with Gasteiger partial charge in [0.1, 0.15) is 5.75 Å². The fourth-order valence-electron chi connectivity index (χ4n) is 5.33. The maximum Gasteiger partial charge on any atom is 0.271 e. The highest BCUT2D eigenvalue weighted by atomic mass is 79.9. The molecule has 8 heteroatoms. The molecule has 3 aromatic carbocycles. The third-order valence-electron chi connectivity index (χ3n) is 7.09. The molecular formula is C30H25BrN2O4S. The number of nitrogens with zero attached hydrogens (tertiary/aromatic N) is 2. The van der Waals surface area contributed by atoms with Gasteiger partial charge in [0.2, 0.25) is 0 Å². The van der Waals surface area contributed by atoms with Crippen molar-refractivity contribution in [3.05, 3.63) is 113 Å². The molecule has 1 unspecified atom stereocenters. The third kappa shape index (κ3) is 3.99. The van der Waals surface area contributed by atoms with Crippen molar-refractivity contribution in [2.75, 3.05) is 21.3 Å². The zero-order valence-corrected chi connectivity index (χ0v) is 23.6. The number of fused-ring (bicyclic) bond motifs is 3. The summed E-state index contributed by atoms with van der Waals surface area (Å²) in [5.41, 5.74) is 6.08. The van der Waals surface area contributed by atoms with Crippen LogP contribution in [0.5, 0.6) is 17.2 Å². The predicted molar refractivity (Wildman–Crippen MR) is 153 cm³/mol. The molecule has 38 heavy (non-hydrogen) atoms. The molecule has 4 aromatic rings. The molecular weight excluding hydrogens is 564 g/mol. The van der Waals surface area contributed by atoms with Crippen LogP contribution in [0.2, 0.25) is 0 Å². The number of methoxy groups -OCH3 is 3. The first kappa shape index (κ1) is 24.7. The summed E-state index contributed by atoms with van der Waals surface area (Å²) in [4.78, 5) is 19.8. The Kier molecular flexibility index (Phi) is 6.45. The Bertz CT molecular complexity index is 1790. The number of aromatic nitrogens is 1. The Labute approximate surface area is 232 Å². The number of hydrogen-bond donors (Lipinski definition) is 0. The number of thiazole rings is 1. The molecule has 1 aliphatic carbocycles. The van der Waals surface area contributed by atoms with Crippen LogP contribution in [0.25, 0.3) is 11.8 Å². The van der Waals surface area contributed by atoms with Gasteiger partial charge in [-0.2, -0.15) is 0 Å². The molecule has 0 saturated carbocycles. The number of ether oxygens (including phenoxy) is 3. The molecule has 0 bridgehead atoms. The van der Waals surface area contributed by atoms with Crippen LogP contribution in [-0.4, -0.2) is 25.9 Å². The average molecular weight is 590 g/mol. The van der Waals surface area contributed by atoms with E-state index in [4.69, 9.17) is 19.2 Å². The van der Waals surface area contributed by atoms with Crippen LogP contribution in [0.15, 0.2) is 80.5 Å². The molecule has 0 radical (unpaired) electrons. The van der Waals surface area contributed by atoms with E-state index in [2.05, 4.69) is 34.1 Å². The van der Waals surface area contributed by atoms with Gasteiger partial charge < -0.3 is 14.2 Å². The summed E-state index contributed by atoms with van der Waals surface area (Å²) >= 11 is 5.00. The van der Waals surface area contributed by atoms with Crippen molar-refractivity contribution in [3.8, 4) is 17.2 Å². The molecule has 2 heterocycles. The lowest BCUT2D eigenvalue weighted by Crippen LogP contribution is -2.39. The number of benzene rings is 3. The van der Waals surface area contributed by atoms with Gasteiger partial charge in [0.05, 0.1) is 37.6 Å². The summed E-state index contributed by atoms with van der Waals surface area (Å²) in [6, 6.07) is 19.6. The quantitative estimate of drug-likeness (QED) is 0.325. The van der Waals surface area contributed by atoms with Crippen molar-refractivity contribution < 1.29 is 14.2 Å². The van der Waals surface area contributed by atoms with E-state index in [1.54, 1.807) is 21.3 Å². The third-order valence-corrected chi connectivity index (χ3v) is 8.80. The van der Waals surface area contributed by atoms with E-state index in [0.717, 1.165) is 51.0 Å². The van der Waals surface area contributed by atoms with Crippen molar-refractivity contribution in [3.63, 3.8) is 0 Å². The summed E-state index contributed by atoms with van der Waals surface area (Å²) < 4.78 is 20.2. The fourth-order valence-corrected chi connectivity index (χ4v) is 6.68. The van der Waals surface area contributed by atoms with Crippen LogP contribution in [0.1, 0.15) is 34.7 Å². The second-order valence-corrected chi connectivity index (χ2v) is 10.9. The second kappa shape index (κ2) is 9.93. The lowest BCUT2D eigenvalue weighted by Gasteiger charge is -2.31. The summed E-state index contributed by atoms with van der Waals surface area (Å²) in [5, 5.41) is 0.